The lowest BCUT2D eigenvalue weighted by Gasteiger charge is -2.23. The Morgan fingerprint density at radius 3 is 2.81 bits per heavy atom. The van der Waals surface area contributed by atoms with Crippen LogP contribution >= 0.6 is 0 Å². The van der Waals surface area contributed by atoms with E-state index >= 15 is 0 Å². The van der Waals surface area contributed by atoms with Crippen LogP contribution in [0.15, 0.2) is 42.7 Å². The van der Waals surface area contributed by atoms with Crippen LogP contribution in [0, 0.1) is 5.82 Å². The molecule has 1 unspecified atom stereocenters. The van der Waals surface area contributed by atoms with E-state index in [0.717, 1.165) is 0 Å². The van der Waals surface area contributed by atoms with Gasteiger partial charge in [0.25, 0.3) is 5.91 Å². The molecule has 8 heteroatoms. The van der Waals surface area contributed by atoms with Crippen molar-refractivity contribution in [2.75, 3.05) is 23.9 Å². The van der Waals surface area contributed by atoms with Crippen molar-refractivity contribution in [1.29, 1.82) is 0 Å². The van der Waals surface area contributed by atoms with Crippen LogP contribution in [-0.2, 0) is 16.4 Å². The molecule has 0 saturated carbocycles. The van der Waals surface area contributed by atoms with Crippen molar-refractivity contribution in [1.82, 2.24) is 9.88 Å². The summed E-state index contributed by atoms with van der Waals surface area (Å²) >= 11 is 0. The largest absolute Gasteiger partial charge is 0.380 e. The molecule has 0 radical (unpaired) electrons. The molecule has 1 amide bonds. The van der Waals surface area contributed by atoms with E-state index in [-0.39, 0.29) is 35.8 Å². The van der Waals surface area contributed by atoms with Crippen LogP contribution in [0.3, 0.4) is 0 Å². The Balaban J connectivity index is 1.68. The van der Waals surface area contributed by atoms with Crippen molar-refractivity contribution in [3.8, 4) is 0 Å². The lowest BCUT2D eigenvalue weighted by atomic mass is 10.1. The van der Waals surface area contributed by atoms with Gasteiger partial charge in [0, 0.05) is 37.6 Å². The quantitative estimate of drug-likeness (QED) is 0.863. The van der Waals surface area contributed by atoms with E-state index in [1.54, 1.807) is 37.5 Å². The van der Waals surface area contributed by atoms with Gasteiger partial charge in [-0.2, -0.15) is 0 Å². The number of benzene rings is 1. The number of hydrogen-bond donors (Lipinski definition) is 1. The summed E-state index contributed by atoms with van der Waals surface area (Å²) in [6, 6.07) is 7.76. The van der Waals surface area contributed by atoms with E-state index in [1.807, 2.05) is 0 Å². The number of amides is 1. The number of aromatic nitrogens is 1. The highest BCUT2D eigenvalue weighted by Crippen LogP contribution is 2.19. The topological polar surface area (TPSA) is 79.4 Å². The molecule has 1 aromatic heterocycles. The molecular formula is C18H20FN3O3S. The zero-order chi connectivity index (χ0) is 18.7. The van der Waals surface area contributed by atoms with Crippen molar-refractivity contribution < 1.29 is 17.6 Å². The highest BCUT2D eigenvalue weighted by atomic mass is 32.2. The molecule has 1 aromatic carbocycles. The second-order valence-electron chi connectivity index (χ2n) is 6.38. The second-order valence-corrected chi connectivity index (χ2v) is 8.61. The first kappa shape index (κ1) is 18.3. The molecule has 1 N–H and O–H groups in total. The summed E-state index contributed by atoms with van der Waals surface area (Å²) in [6.45, 7) is 0.267. The van der Waals surface area contributed by atoms with Crippen LogP contribution in [0.25, 0.3) is 0 Å². The summed E-state index contributed by atoms with van der Waals surface area (Å²) < 4.78 is 36.9. The number of pyridine rings is 1. The predicted octanol–water partition coefficient (Wildman–Crippen LogP) is 2.09. The SMILES string of the molecule is CN(C(=O)c1cncc(NCc2ccccc2F)c1)C1CCS(=O)(=O)C1. The first-order valence-electron chi connectivity index (χ1n) is 8.25. The van der Waals surface area contributed by atoms with Crippen LogP contribution in [0.5, 0.6) is 0 Å². The van der Waals surface area contributed by atoms with Gasteiger partial charge >= 0.3 is 0 Å². The molecule has 1 atom stereocenters. The molecule has 1 fully saturated rings. The minimum atomic E-state index is -3.07. The van der Waals surface area contributed by atoms with Crippen LogP contribution in [-0.4, -0.2) is 48.8 Å². The smallest absolute Gasteiger partial charge is 0.255 e. The van der Waals surface area contributed by atoms with Crippen LogP contribution < -0.4 is 5.32 Å². The highest BCUT2D eigenvalue weighted by Gasteiger charge is 2.33. The zero-order valence-corrected chi connectivity index (χ0v) is 15.2. The first-order valence-corrected chi connectivity index (χ1v) is 10.1. The molecule has 0 spiro atoms. The average Bonchev–Trinajstić information content (AvgIpc) is 3.00. The fraction of sp³-hybridized carbons (Fsp3) is 0.333. The monoisotopic (exact) mass is 377 g/mol. The van der Waals surface area contributed by atoms with Crippen molar-refractivity contribution in [3.63, 3.8) is 0 Å². The number of hydrogen-bond acceptors (Lipinski definition) is 5. The van der Waals surface area contributed by atoms with Gasteiger partial charge in [-0.3, -0.25) is 9.78 Å². The number of carbonyl (C=O) groups excluding carboxylic acids is 1. The molecule has 0 aliphatic carbocycles. The number of nitrogens with one attached hydrogen (secondary N) is 1. The van der Waals surface area contributed by atoms with Gasteiger partial charge in [-0.1, -0.05) is 18.2 Å². The molecule has 2 aromatic rings. The highest BCUT2D eigenvalue weighted by molar-refractivity contribution is 7.91. The number of sulfone groups is 1. The summed E-state index contributed by atoms with van der Waals surface area (Å²) in [5.41, 5.74) is 1.46. The summed E-state index contributed by atoms with van der Waals surface area (Å²) in [4.78, 5) is 18.1. The molecule has 0 bridgehead atoms. The third kappa shape index (κ3) is 4.19. The molecular weight excluding hydrogens is 357 g/mol. The van der Waals surface area contributed by atoms with Gasteiger partial charge in [0.2, 0.25) is 0 Å². The third-order valence-electron chi connectivity index (χ3n) is 4.50. The molecule has 138 valence electrons. The van der Waals surface area contributed by atoms with Gasteiger partial charge in [0.15, 0.2) is 9.84 Å². The van der Waals surface area contributed by atoms with Crippen molar-refractivity contribution in [2.24, 2.45) is 0 Å². The first-order chi connectivity index (χ1) is 12.4. The van der Waals surface area contributed by atoms with Gasteiger partial charge in [-0.25, -0.2) is 12.8 Å². The van der Waals surface area contributed by atoms with Gasteiger partial charge in [0.05, 0.1) is 22.8 Å². The zero-order valence-electron chi connectivity index (χ0n) is 14.4. The van der Waals surface area contributed by atoms with Gasteiger partial charge in [0.1, 0.15) is 5.82 Å². The van der Waals surface area contributed by atoms with Crippen molar-refractivity contribution in [2.45, 2.75) is 19.0 Å². The molecule has 26 heavy (non-hydrogen) atoms. The maximum atomic E-state index is 13.7. The van der Waals surface area contributed by atoms with E-state index in [9.17, 15) is 17.6 Å². The summed E-state index contributed by atoms with van der Waals surface area (Å²) in [5.74, 6) is -0.484. The van der Waals surface area contributed by atoms with Crippen molar-refractivity contribution in [3.05, 3.63) is 59.7 Å². The molecule has 3 rings (SSSR count). The number of anilines is 1. The standard InChI is InChI=1S/C18H20FN3O3S/c1-22(16-6-7-26(24,25)12-16)18(23)14-8-15(11-20-9-14)21-10-13-4-2-3-5-17(13)19/h2-5,8-9,11,16,21H,6-7,10,12H2,1H3. The number of carbonyl (C=O) groups is 1. The Bertz CT molecular complexity index is 917. The fourth-order valence-corrected chi connectivity index (χ4v) is 4.72. The summed E-state index contributed by atoms with van der Waals surface area (Å²) in [6.07, 6.45) is 3.44. The minimum absolute atomic E-state index is 0.00606. The van der Waals surface area contributed by atoms with E-state index in [1.165, 1.54) is 17.2 Å². The Morgan fingerprint density at radius 2 is 2.12 bits per heavy atom. The fourth-order valence-electron chi connectivity index (χ4n) is 2.94. The Labute approximate surface area is 152 Å². The molecule has 1 aliphatic heterocycles. The maximum Gasteiger partial charge on any atom is 0.255 e. The molecule has 1 saturated heterocycles. The third-order valence-corrected chi connectivity index (χ3v) is 6.25. The minimum Gasteiger partial charge on any atom is -0.380 e. The van der Waals surface area contributed by atoms with E-state index < -0.39 is 9.84 Å². The lowest BCUT2D eigenvalue weighted by Crippen LogP contribution is -2.37. The lowest BCUT2D eigenvalue weighted by molar-refractivity contribution is 0.0747. The van der Waals surface area contributed by atoms with Gasteiger partial charge < -0.3 is 10.2 Å². The second kappa shape index (κ2) is 7.41. The maximum absolute atomic E-state index is 13.7. The van der Waals surface area contributed by atoms with Gasteiger partial charge in [-0.05, 0) is 18.6 Å². The Morgan fingerprint density at radius 1 is 1.35 bits per heavy atom. The molecule has 2 heterocycles. The number of rotatable bonds is 5. The van der Waals surface area contributed by atoms with Crippen molar-refractivity contribution >= 4 is 21.4 Å². The van der Waals surface area contributed by atoms with Crippen LogP contribution in [0.1, 0.15) is 22.3 Å². The summed E-state index contributed by atoms with van der Waals surface area (Å²) in [7, 11) is -1.46. The number of halogens is 1. The average molecular weight is 377 g/mol. The predicted molar refractivity (Wildman–Crippen MR) is 97.1 cm³/mol. The van der Waals surface area contributed by atoms with Crippen LogP contribution in [0.2, 0.25) is 0 Å². The molecule has 1 aliphatic rings. The Hall–Kier alpha value is -2.48. The van der Waals surface area contributed by atoms with E-state index in [4.69, 9.17) is 0 Å². The summed E-state index contributed by atoms with van der Waals surface area (Å²) in [5, 5.41) is 3.05. The molecule has 6 nitrogen and oxygen atoms in total. The number of nitrogens with zero attached hydrogens (tertiary/aromatic N) is 2. The van der Waals surface area contributed by atoms with Gasteiger partial charge in [-0.15, -0.1) is 0 Å². The Kier molecular flexibility index (Phi) is 5.22. The van der Waals surface area contributed by atoms with E-state index in [2.05, 4.69) is 10.3 Å². The van der Waals surface area contributed by atoms with Crippen LogP contribution in [0.4, 0.5) is 10.1 Å². The normalized spacial score (nSPS) is 18.5. The van der Waals surface area contributed by atoms with E-state index in [0.29, 0.717) is 23.2 Å².